The van der Waals surface area contributed by atoms with Crippen molar-refractivity contribution in [3.8, 4) is 0 Å². The Morgan fingerprint density at radius 2 is 2.00 bits per heavy atom. The van der Waals surface area contributed by atoms with Gasteiger partial charge < -0.3 is 20.2 Å². The van der Waals surface area contributed by atoms with Crippen LogP contribution in [0.5, 0.6) is 0 Å². The number of hydrogen-bond acceptors (Lipinski definition) is 3. The van der Waals surface area contributed by atoms with E-state index in [1.165, 1.54) is 13.8 Å². The maximum absolute atomic E-state index is 11.4. The quantitative estimate of drug-likeness (QED) is 0.541. The van der Waals surface area contributed by atoms with Crippen LogP contribution in [0.2, 0.25) is 0 Å². The van der Waals surface area contributed by atoms with E-state index in [0.29, 0.717) is 13.0 Å². The summed E-state index contributed by atoms with van der Waals surface area (Å²) < 4.78 is 11.4. The first kappa shape index (κ1) is 13.6. The van der Waals surface area contributed by atoms with Gasteiger partial charge in [0.25, 0.3) is 0 Å². The van der Waals surface area contributed by atoms with E-state index in [-0.39, 0.29) is 12.3 Å². The summed E-state index contributed by atoms with van der Waals surface area (Å²) in [5, 5.41) is 10.5. The number of carboxylic acid groups (broad SMARTS) is 1. The fourth-order valence-electron chi connectivity index (χ4n) is 1.99. The highest BCUT2D eigenvalue weighted by molar-refractivity contribution is 7.53. The maximum Gasteiger partial charge on any atom is 0.331 e. The lowest BCUT2D eigenvalue weighted by atomic mass is 9.83. The average Bonchev–Trinajstić information content (AvgIpc) is 2.16. The van der Waals surface area contributed by atoms with Gasteiger partial charge in [0.15, 0.2) is 0 Å². The molecule has 94 valence electrons. The summed E-state index contributed by atoms with van der Waals surface area (Å²) in [6.07, 6.45) is 0.843. The predicted octanol–water partition coefficient (Wildman–Crippen LogP) is 0.395. The van der Waals surface area contributed by atoms with Gasteiger partial charge in [-0.1, -0.05) is 0 Å². The molecule has 0 saturated carbocycles. The lowest BCUT2D eigenvalue weighted by Crippen LogP contribution is -2.48. The summed E-state index contributed by atoms with van der Waals surface area (Å²) in [6.45, 7) is 3.48. The second kappa shape index (κ2) is 4.45. The molecule has 0 bridgehead atoms. The molecule has 0 unspecified atom stereocenters. The molecule has 1 aliphatic rings. The molecule has 0 amide bonds. The van der Waals surface area contributed by atoms with Crippen LogP contribution in [-0.2, 0) is 9.36 Å². The topological polar surface area (TPSA) is 107 Å². The summed E-state index contributed by atoms with van der Waals surface area (Å²) in [4.78, 5) is 29.4. The number of carboxylic acids is 1. The molecule has 0 aromatic rings. The maximum atomic E-state index is 11.4. The first-order chi connectivity index (χ1) is 7.16. The van der Waals surface area contributed by atoms with Crippen LogP contribution in [0, 0.1) is 5.92 Å². The smallest absolute Gasteiger partial charge is 0.331 e. The third kappa shape index (κ3) is 2.63. The summed E-state index contributed by atoms with van der Waals surface area (Å²) in [5.74, 6) is -1.25. The fraction of sp³-hybridized carbons (Fsp3) is 0.889. The largest absolute Gasteiger partial charge is 0.480 e. The van der Waals surface area contributed by atoms with Gasteiger partial charge in [-0.25, -0.2) is 0 Å². The molecular weight excluding hydrogens is 233 g/mol. The predicted molar refractivity (Wildman–Crippen MR) is 58.3 cm³/mol. The molecule has 16 heavy (non-hydrogen) atoms. The first-order valence-electron chi connectivity index (χ1n) is 5.18. The summed E-state index contributed by atoms with van der Waals surface area (Å²) in [7, 11) is -4.21. The molecule has 0 aromatic heterocycles. The lowest BCUT2D eigenvalue weighted by molar-refractivity contribution is -0.140. The van der Waals surface area contributed by atoms with Gasteiger partial charge in [-0.2, -0.15) is 0 Å². The number of hydrogen-bond donors (Lipinski definition) is 4. The summed E-state index contributed by atoms with van der Waals surface area (Å²) in [5.41, 5.74) is 0. The van der Waals surface area contributed by atoms with E-state index < -0.39 is 24.8 Å². The zero-order chi connectivity index (χ0) is 12.6. The van der Waals surface area contributed by atoms with Gasteiger partial charge in [0.1, 0.15) is 6.04 Å². The van der Waals surface area contributed by atoms with Crippen LogP contribution in [-0.4, -0.2) is 38.6 Å². The van der Waals surface area contributed by atoms with Crippen molar-refractivity contribution >= 4 is 13.6 Å². The molecule has 1 saturated heterocycles. The monoisotopic (exact) mass is 251 g/mol. The minimum atomic E-state index is -4.21. The van der Waals surface area contributed by atoms with Crippen molar-refractivity contribution in [1.82, 2.24) is 5.32 Å². The molecule has 0 aromatic carbocycles. The van der Waals surface area contributed by atoms with Crippen LogP contribution in [0.25, 0.3) is 0 Å². The molecule has 1 fully saturated rings. The Hall–Kier alpha value is -0.420. The number of rotatable bonds is 3. The molecule has 0 aliphatic carbocycles. The average molecular weight is 251 g/mol. The van der Waals surface area contributed by atoms with E-state index in [9.17, 15) is 19.1 Å². The van der Waals surface area contributed by atoms with Crippen molar-refractivity contribution < 1.29 is 24.3 Å². The van der Waals surface area contributed by atoms with Gasteiger partial charge >= 0.3 is 13.6 Å². The first-order valence-corrected chi connectivity index (χ1v) is 6.79. The Labute approximate surface area is 94.2 Å². The Balaban J connectivity index is 2.81. The molecule has 1 rings (SSSR count). The van der Waals surface area contributed by atoms with E-state index in [1.54, 1.807) is 0 Å². The van der Waals surface area contributed by atoms with Gasteiger partial charge in [-0.05, 0) is 39.2 Å². The third-order valence-corrected chi connectivity index (χ3v) is 5.32. The zero-order valence-corrected chi connectivity index (χ0v) is 10.3. The van der Waals surface area contributed by atoms with Crippen LogP contribution in [0.4, 0.5) is 0 Å². The number of carbonyl (C=O) groups is 1. The van der Waals surface area contributed by atoms with E-state index >= 15 is 0 Å². The van der Waals surface area contributed by atoms with Crippen molar-refractivity contribution in [3.05, 3.63) is 0 Å². The van der Waals surface area contributed by atoms with Gasteiger partial charge in [-0.3, -0.25) is 9.36 Å². The normalized spacial score (nSPS) is 27.8. The van der Waals surface area contributed by atoms with Crippen LogP contribution < -0.4 is 5.32 Å². The van der Waals surface area contributed by atoms with Crippen molar-refractivity contribution in [2.45, 2.75) is 37.9 Å². The molecule has 1 aliphatic heterocycles. The Kier molecular flexibility index (Phi) is 3.80. The molecule has 7 heteroatoms. The van der Waals surface area contributed by atoms with Crippen LogP contribution >= 0.6 is 7.60 Å². The van der Waals surface area contributed by atoms with Crippen LogP contribution in [0.1, 0.15) is 26.7 Å². The highest BCUT2D eigenvalue weighted by atomic mass is 31.2. The lowest BCUT2D eigenvalue weighted by Gasteiger charge is -2.39. The Bertz CT molecular complexity index is 324. The molecule has 6 nitrogen and oxygen atoms in total. The van der Waals surface area contributed by atoms with Gasteiger partial charge in [-0.15, -0.1) is 0 Å². The van der Waals surface area contributed by atoms with E-state index in [4.69, 9.17) is 5.11 Å². The number of piperidine rings is 1. The standard InChI is InChI=1S/C9H18NO5P/c1-9(2,16(13,14)15)6-3-4-10-7(5-6)8(11)12/h6-7,10H,3-5H2,1-2H3,(H,11,12)(H2,13,14,15)/t6-,7+/m0/s1. The molecule has 1 heterocycles. The van der Waals surface area contributed by atoms with Crippen molar-refractivity contribution in [1.29, 1.82) is 0 Å². The summed E-state index contributed by atoms with van der Waals surface area (Å²) in [6, 6.07) is -0.704. The summed E-state index contributed by atoms with van der Waals surface area (Å²) >= 11 is 0. The van der Waals surface area contributed by atoms with Crippen molar-refractivity contribution in [2.75, 3.05) is 6.54 Å². The number of nitrogens with one attached hydrogen (secondary N) is 1. The molecule has 2 atom stereocenters. The molecule has 4 N–H and O–H groups in total. The highest BCUT2D eigenvalue weighted by Crippen LogP contribution is 2.56. The minimum Gasteiger partial charge on any atom is -0.480 e. The second-order valence-electron chi connectivity index (χ2n) is 4.76. The van der Waals surface area contributed by atoms with Crippen molar-refractivity contribution in [3.63, 3.8) is 0 Å². The number of aliphatic carboxylic acids is 1. The van der Waals surface area contributed by atoms with E-state index in [0.717, 1.165) is 0 Å². The van der Waals surface area contributed by atoms with Crippen LogP contribution in [0.3, 0.4) is 0 Å². The molecular formula is C9H18NO5P. The van der Waals surface area contributed by atoms with Gasteiger partial charge in [0.2, 0.25) is 0 Å². The molecule has 0 spiro atoms. The van der Waals surface area contributed by atoms with E-state index in [1.807, 2.05) is 0 Å². The molecule has 0 radical (unpaired) electrons. The Morgan fingerprint density at radius 1 is 1.44 bits per heavy atom. The minimum absolute atomic E-state index is 0.257. The van der Waals surface area contributed by atoms with Gasteiger partial charge in [0, 0.05) is 0 Å². The Morgan fingerprint density at radius 3 is 2.44 bits per heavy atom. The fourth-order valence-corrected chi connectivity index (χ4v) is 2.70. The third-order valence-electron chi connectivity index (χ3n) is 3.45. The second-order valence-corrected chi connectivity index (χ2v) is 7.00. The highest BCUT2D eigenvalue weighted by Gasteiger charge is 2.46. The van der Waals surface area contributed by atoms with Gasteiger partial charge in [0.05, 0.1) is 5.16 Å². The van der Waals surface area contributed by atoms with Crippen LogP contribution in [0.15, 0.2) is 0 Å². The SMILES string of the molecule is CC(C)([C@H]1CCN[C@@H](C(=O)O)C1)P(=O)(O)O. The van der Waals surface area contributed by atoms with Crippen molar-refractivity contribution in [2.24, 2.45) is 5.92 Å². The van der Waals surface area contributed by atoms with E-state index in [2.05, 4.69) is 5.32 Å². The zero-order valence-electron chi connectivity index (χ0n) is 9.38.